The number of hydrogen-bond acceptors (Lipinski definition) is 1. The molecule has 0 N–H and O–H groups in total. The number of benzene rings is 1. The third kappa shape index (κ3) is 1.77. The van der Waals surface area contributed by atoms with Crippen LogP contribution in [0.5, 0.6) is 0 Å². The zero-order valence-electron chi connectivity index (χ0n) is 8.64. The Hall–Kier alpha value is -1.52. The number of hydrogen-bond donors (Lipinski definition) is 0. The number of halogens is 3. The summed E-state index contributed by atoms with van der Waals surface area (Å²) < 4.78 is 37.3. The van der Waals surface area contributed by atoms with E-state index in [1.165, 1.54) is 17.9 Å². The van der Waals surface area contributed by atoms with E-state index in [1.54, 1.807) is 0 Å². The summed E-state index contributed by atoms with van der Waals surface area (Å²) in [6.07, 6.45) is -3.84. The number of fused-ring (bicyclic) bond motifs is 1. The van der Waals surface area contributed by atoms with E-state index in [0.717, 1.165) is 12.1 Å². The lowest BCUT2D eigenvalue weighted by atomic mass is 10.1. The molecule has 0 atom stereocenters. The molecular formula is C11H10F3NO. The van der Waals surface area contributed by atoms with Crippen molar-refractivity contribution in [3.05, 3.63) is 29.3 Å². The van der Waals surface area contributed by atoms with Crippen LogP contribution in [0.3, 0.4) is 0 Å². The third-order valence-corrected chi connectivity index (χ3v) is 2.68. The lowest BCUT2D eigenvalue weighted by molar-refractivity contribution is -0.137. The molecular weight excluding hydrogens is 219 g/mol. The molecule has 0 bridgehead atoms. The fourth-order valence-electron chi connectivity index (χ4n) is 1.91. The van der Waals surface area contributed by atoms with E-state index in [4.69, 9.17) is 0 Å². The Labute approximate surface area is 90.7 Å². The van der Waals surface area contributed by atoms with Gasteiger partial charge < -0.3 is 4.90 Å². The molecule has 5 heteroatoms. The average Bonchev–Trinajstić information content (AvgIpc) is 2.58. The second-order valence-corrected chi connectivity index (χ2v) is 3.76. The number of anilines is 1. The van der Waals surface area contributed by atoms with Crippen molar-refractivity contribution in [2.24, 2.45) is 0 Å². The van der Waals surface area contributed by atoms with Crippen molar-refractivity contribution in [2.75, 3.05) is 11.4 Å². The Morgan fingerprint density at radius 1 is 1.38 bits per heavy atom. The largest absolute Gasteiger partial charge is 0.416 e. The summed E-state index contributed by atoms with van der Waals surface area (Å²) in [6, 6.07) is 3.50. The van der Waals surface area contributed by atoms with Crippen LogP contribution in [-0.4, -0.2) is 12.5 Å². The van der Waals surface area contributed by atoms with Crippen molar-refractivity contribution >= 4 is 11.6 Å². The van der Waals surface area contributed by atoms with E-state index in [1.807, 2.05) is 0 Å². The van der Waals surface area contributed by atoms with E-state index in [-0.39, 0.29) is 5.91 Å². The van der Waals surface area contributed by atoms with Crippen LogP contribution in [0.1, 0.15) is 18.1 Å². The maximum Gasteiger partial charge on any atom is 0.416 e. The molecule has 1 aromatic rings. The van der Waals surface area contributed by atoms with Crippen LogP contribution in [0, 0.1) is 0 Å². The predicted octanol–water partition coefficient (Wildman–Crippen LogP) is 2.61. The molecule has 0 saturated heterocycles. The summed E-state index contributed by atoms with van der Waals surface area (Å²) in [7, 11) is 0. The Morgan fingerprint density at radius 3 is 2.62 bits per heavy atom. The van der Waals surface area contributed by atoms with Gasteiger partial charge in [-0.3, -0.25) is 4.79 Å². The van der Waals surface area contributed by atoms with Crippen LogP contribution >= 0.6 is 0 Å². The molecule has 0 aliphatic carbocycles. The SMILES string of the molecule is CC(=O)N1CCc2cc(C(F)(F)F)ccc21. The second kappa shape index (κ2) is 3.50. The van der Waals surface area contributed by atoms with Crippen molar-refractivity contribution in [2.45, 2.75) is 19.5 Å². The minimum absolute atomic E-state index is 0.140. The lowest BCUT2D eigenvalue weighted by Crippen LogP contribution is -2.25. The highest BCUT2D eigenvalue weighted by atomic mass is 19.4. The van der Waals surface area contributed by atoms with Crippen LogP contribution in [0.25, 0.3) is 0 Å². The van der Waals surface area contributed by atoms with Crippen molar-refractivity contribution in [1.82, 2.24) is 0 Å². The Kier molecular flexibility index (Phi) is 2.40. The van der Waals surface area contributed by atoms with Crippen LogP contribution < -0.4 is 4.90 Å². The van der Waals surface area contributed by atoms with Crippen LogP contribution in [0.2, 0.25) is 0 Å². The fraction of sp³-hybridized carbons (Fsp3) is 0.364. The summed E-state index contributed by atoms with van der Waals surface area (Å²) in [4.78, 5) is 12.7. The zero-order chi connectivity index (χ0) is 11.9. The molecule has 0 unspecified atom stereocenters. The van der Waals surface area contributed by atoms with Gasteiger partial charge in [-0.25, -0.2) is 0 Å². The van der Waals surface area contributed by atoms with E-state index in [0.29, 0.717) is 24.2 Å². The van der Waals surface area contributed by atoms with E-state index >= 15 is 0 Å². The highest BCUT2D eigenvalue weighted by Gasteiger charge is 2.32. The molecule has 16 heavy (non-hydrogen) atoms. The normalized spacial score (nSPS) is 15.1. The summed E-state index contributed by atoms with van der Waals surface area (Å²) in [5, 5.41) is 0. The molecule has 1 aromatic carbocycles. The molecule has 1 amide bonds. The fourth-order valence-corrected chi connectivity index (χ4v) is 1.91. The van der Waals surface area contributed by atoms with Crippen LogP contribution in [0.4, 0.5) is 18.9 Å². The minimum atomic E-state index is -4.32. The molecule has 0 aromatic heterocycles. The van der Waals surface area contributed by atoms with E-state index in [2.05, 4.69) is 0 Å². The highest BCUT2D eigenvalue weighted by Crippen LogP contribution is 2.35. The van der Waals surface area contributed by atoms with Gasteiger partial charge in [0.25, 0.3) is 0 Å². The monoisotopic (exact) mass is 229 g/mol. The van der Waals surface area contributed by atoms with Crippen molar-refractivity contribution in [3.63, 3.8) is 0 Å². The maximum absolute atomic E-state index is 12.4. The number of alkyl halides is 3. The Bertz CT molecular complexity index is 439. The first-order valence-electron chi connectivity index (χ1n) is 4.88. The minimum Gasteiger partial charge on any atom is -0.312 e. The molecule has 0 saturated carbocycles. The summed E-state index contributed by atoms with van der Waals surface area (Å²) in [6.45, 7) is 1.87. The Morgan fingerprint density at radius 2 is 2.06 bits per heavy atom. The number of rotatable bonds is 0. The molecule has 0 fully saturated rings. The molecule has 86 valence electrons. The number of carbonyl (C=O) groups excluding carboxylic acids is 1. The van der Waals surface area contributed by atoms with Crippen molar-refractivity contribution < 1.29 is 18.0 Å². The topological polar surface area (TPSA) is 20.3 Å². The van der Waals surface area contributed by atoms with Crippen LogP contribution in [0.15, 0.2) is 18.2 Å². The summed E-state index contributed by atoms with van der Waals surface area (Å²) >= 11 is 0. The number of carbonyl (C=O) groups is 1. The molecule has 1 aliphatic heterocycles. The molecule has 2 rings (SSSR count). The van der Waals surface area contributed by atoms with Gasteiger partial charge in [-0.15, -0.1) is 0 Å². The molecule has 2 nitrogen and oxygen atoms in total. The Balaban J connectivity index is 2.40. The molecule has 0 spiro atoms. The standard InChI is InChI=1S/C11H10F3NO/c1-7(16)15-5-4-8-6-9(11(12,13)14)2-3-10(8)15/h2-3,6H,4-5H2,1H3. The van der Waals surface area contributed by atoms with Gasteiger partial charge in [0.1, 0.15) is 0 Å². The molecule has 1 heterocycles. The van der Waals surface area contributed by atoms with Gasteiger partial charge >= 0.3 is 6.18 Å². The van der Waals surface area contributed by atoms with Crippen molar-refractivity contribution in [3.8, 4) is 0 Å². The average molecular weight is 229 g/mol. The van der Waals surface area contributed by atoms with Gasteiger partial charge in [0.15, 0.2) is 0 Å². The smallest absolute Gasteiger partial charge is 0.312 e. The highest BCUT2D eigenvalue weighted by molar-refractivity contribution is 5.93. The predicted molar refractivity (Wildman–Crippen MR) is 53.2 cm³/mol. The van der Waals surface area contributed by atoms with Gasteiger partial charge in [-0.2, -0.15) is 13.2 Å². The van der Waals surface area contributed by atoms with Gasteiger partial charge in [-0.1, -0.05) is 0 Å². The molecule has 0 radical (unpaired) electrons. The number of amides is 1. The van der Waals surface area contributed by atoms with Gasteiger partial charge in [0, 0.05) is 19.2 Å². The first kappa shape index (κ1) is 11.0. The van der Waals surface area contributed by atoms with Gasteiger partial charge in [0.05, 0.1) is 5.56 Å². The zero-order valence-corrected chi connectivity index (χ0v) is 8.64. The summed E-state index contributed by atoms with van der Waals surface area (Å²) in [5.74, 6) is -0.140. The van der Waals surface area contributed by atoms with Gasteiger partial charge in [-0.05, 0) is 30.2 Å². The van der Waals surface area contributed by atoms with Gasteiger partial charge in [0.2, 0.25) is 5.91 Å². The van der Waals surface area contributed by atoms with Crippen molar-refractivity contribution in [1.29, 1.82) is 0 Å². The first-order chi connectivity index (χ1) is 7.39. The number of nitrogens with zero attached hydrogens (tertiary/aromatic N) is 1. The molecule has 1 aliphatic rings. The second-order valence-electron chi connectivity index (χ2n) is 3.76. The van der Waals surface area contributed by atoms with E-state index < -0.39 is 11.7 Å². The first-order valence-corrected chi connectivity index (χ1v) is 4.88. The maximum atomic E-state index is 12.4. The van der Waals surface area contributed by atoms with E-state index in [9.17, 15) is 18.0 Å². The quantitative estimate of drug-likeness (QED) is 0.669. The third-order valence-electron chi connectivity index (χ3n) is 2.68. The van der Waals surface area contributed by atoms with Crippen LogP contribution in [-0.2, 0) is 17.4 Å². The lowest BCUT2D eigenvalue weighted by Gasteiger charge is -2.15. The summed E-state index contributed by atoms with van der Waals surface area (Å²) in [5.41, 5.74) is 0.530.